The maximum Gasteiger partial charge on any atom is 0.220 e. The fraction of sp³-hybridized carbons (Fsp3) is 0.556. The standard InChI is InChI=1S/C27H32N4O2S2.2H2/c32-18(3-1-2-17-4-9-27(10-5-17)11-6-24(33)31-27)14-22-25(19-7-12-29-16-23(19)34-22)26-30-20-15-28-13-8-21(20)35-26;;/h8,13,15,17,29H,1-7,9-12,14,16H2,(H,31,33);2*1H. The van der Waals surface area contributed by atoms with Gasteiger partial charge in [-0.1, -0.05) is 6.42 Å². The van der Waals surface area contributed by atoms with E-state index in [1.165, 1.54) is 33.7 Å². The third-order valence-electron chi connectivity index (χ3n) is 8.13. The highest BCUT2D eigenvalue weighted by atomic mass is 32.1. The van der Waals surface area contributed by atoms with Gasteiger partial charge in [-0.05, 0) is 69.0 Å². The summed E-state index contributed by atoms with van der Waals surface area (Å²) >= 11 is 3.51. The highest BCUT2D eigenvalue weighted by Crippen LogP contribution is 2.42. The highest BCUT2D eigenvalue weighted by Gasteiger charge is 2.40. The first-order valence-electron chi connectivity index (χ1n) is 13.0. The van der Waals surface area contributed by atoms with Gasteiger partial charge in [0.2, 0.25) is 5.91 Å². The Bertz CT molecular complexity index is 1230. The summed E-state index contributed by atoms with van der Waals surface area (Å²) in [4.78, 5) is 36.4. The molecular weight excluding hydrogens is 476 g/mol. The van der Waals surface area contributed by atoms with Gasteiger partial charge in [0.15, 0.2) is 0 Å². The molecule has 0 atom stereocenters. The molecule has 2 N–H and O–H groups in total. The molecule has 35 heavy (non-hydrogen) atoms. The van der Waals surface area contributed by atoms with Gasteiger partial charge >= 0.3 is 0 Å². The topological polar surface area (TPSA) is 84.0 Å². The van der Waals surface area contributed by atoms with Crippen LogP contribution in [0.3, 0.4) is 0 Å². The number of ketones is 1. The van der Waals surface area contributed by atoms with Crippen molar-refractivity contribution in [2.24, 2.45) is 5.92 Å². The third-order valence-corrected chi connectivity index (χ3v) is 10.4. The van der Waals surface area contributed by atoms with E-state index in [2.05, 4.69) is 15.6 Å². The smallest absolute Gasteiger partial charge is 0.220 e. The summed E-state index contributed by atoms with van der Waals surface area (Å²) in [6.07, 6.45) is 14.2. The van der Waals surface area contributed by atoms with Gasteiger partial charge in [0, 0.05) is 55.7 Å². The first kappa shape index (κ1) is 23.3. The fourth-order valence-electron chi connectivity index (χ4n) is 6.17. The molecule has 3 aliphatic rings. The Morgan fingerprint density at radius 2 is 2.09 bits per heavy atom. The molecule has 6 nitrogen and oxygen atoms in total. The molecule has 1 aliphatic carbocycles. The molecule has 0 radical (unpaired) electrons. The lowest BCUT2D eigenvalue weighted by atomic mass is 9.74. The quantitative estimate of drug-likeness (QED) is 0.426. The fourth-order valence-corrected chi connectivity index (χ4v) is 8.63. The van der Waals surface area contributed by atoms with Gasteiger partial charge in [0.25, 0.3) is 0 Å². The molecule has 0 bridgehead atoms. The number of thiazole rings is 1. The van der Waals surface area contributed by atoms with Crippen LogP contribution in [-0.2, 0) is 29.0 Å². The maximum atomic E-state index is 13.1. The van der Waals surface area contributed by atoms with Gasteiger partial charge < -0.3 is 10.6 Å². The summed E-state index contributed by atoms with van der Waals surface area (Å²) < 4.78 is 1.15. The molecule has 1 saturated carbocycles. The second kappa shape index (κ2) is 9.71. The third kappa shape index (κ3) is 4.80. The summed E-state index contributed by atoms with van der Waals surface area (Å²) in [5.41, 5.74) is 3.63. The van der Waals surface area contributed by atoms with Gasteiger partial charge in [-0.3, -0.25) is 14.6 Å². The van der Waals surface area contributed by atoms with Crippen molar-refractivity contribution >= 4 is 44.6 Å². The second-order valence-corrected chi connectivity index (χ2v) is 12.7. The largest absolute Gasteiger partial charge is 0.351 e. The van der Waals surface area contributed by atoms with Gasteiger partial charge in [-0.25, -0.2) is 4.98 Å². The zero-order valence-electron chi connectivity index (χ0n) is 20.0. The lowest BCUT2D eigenvalue weighted by Crippen LogP contribution is -2.44. The average Bonchev–Trinajstić information content (AvgIpc) is 3.55. The van der Waals surface area contributed by atoms with Crippen LogP contribution in [0, 0.1) is 5.92 Å². The number of rotatable bonds is 7. The molecule has 8 heteroatoms. The number of Topliss-reactive ketones (excluding diaryl/α,β-unsaturated/α-hetero) is 1. The Kier molecular flexibility index (Phi) is 6.45. The lowest BCUT2D eigenvalue weighted by molar-refractivity contribution is -0.120. The van der Waals surface area contributed by atoms with Crippen LogP contribution in [0.15, 0.2) is 18.5 Å². The number of amides is 1. The van der Waals surface area contributed by atoms with Gasteiger partial charge in [0.05, 0.1) is 10.9 Å². The van der Waals surface area contributed by atoms with E-state index in [9.17, 15) is 9.59 Å². The van der Waals surface area contributed by atoms with E-state index in [1.54, 1.807) is 22.7 Å². The van der Waals surface area contributed by atoms with Crippen molar-refractivity contribution in [3.63, 3.8) is 0 Å². The SMILES string of the molecule is O=C(CCCC1CCC2(CCC(=O)N2)CC1)Cc1sc2c(c1-c1nc3cnccc3s1)CCNC2.[HH].[HH]. The number of fused-ring (bicyclic) bond motifs is 2. The van der Waals surface area contributed by atoms with E-state index in [-0.39, 0.29) is 14.3 Å². The number of pyridine rings is 1. The van der Waals surface area contributed by atoms with Crippen LogP contribution in [0.1, 0.15) is 76.0 Å². The molecule has 5 heterocycles. The first-order valence-corrected chi connectivity index (χ1v) is 14.6. The number of carbonyl (C=O) groups is 2. The summed E-state index contributed by atoms with van der Waals surface area (Å²) in [6.45, 7) is 1.86. The van der Waals surface area contributed by atoms with Crippen LogP contribution in [0.2, 0.25) is 0 Å². The van der Waals surface area contributed by atoms with Crippen LogP contribution in [0.25, 0.3) is 20.8 Å². The number of hydrogen-bond donors (Lipinski definition) is 2. The normalized spacial score (nSPS) is 24.1. The Morgan fingerprint density at radius 3 is 2.89 bits per heavy atom. The molecule has 3 aromatic rings. The number of hydrogen-bond acceptors (Lipinski definition) is 7. The zero-order valence-corrected chi connectivity index (χ0v) is 21.7. The molecular formula is C27H36N4O2S2. The minimum atomic E-state index is 0. The number of aromatic nitrogens is 2. The summed E-state index contributed by atoms with van der Waals surface area (Å²) in [5.74, 6) is 1.26. The molecule has 6 rings (SSSR count). The monoisotopic (exact) mass is 512 g/mol. The Labute approximate surface area is 216 Å². The lowest BCUT2D eigenvalue weighted by Gasteiger charge is -2.37. The Hall–Kier alpha value is -2.16. The zero-order chi connectivity index (χ0) is 23.8. The molecule has 0 unspecified atom stereocenters. The summed E-state index contributed by atoms with van der Waals surface area (Å²) in [5, 5.41) is 7.75. The highest BCUT2D eigenvalue weighted by molar-refractivity contribution is 7.22. The molecule has 188 valence electrons. The van der Waals surface area contributed by atoms with Crippen molar-refractivity contribution in [1.82, 2.24) is 20.6 Å². The van der Waals surface area contributed by atoms with E-state index in [0.29, 0.717) is 31.0 Å². The molecule has 0 aromatic carbocycles. The number of nitrogens with one attached hydrogen (secondary N) is 2. The van der Waals surface area contributed by atoms with Crippen molar-refractivity contribution < 1.29 is 12.4 Å². The molecule has 2 fully saturated rings. The maximum absolute atomic E-state index is 13.1. The van der Waals surface area contributed by atoms with Crippen molar-refractivity contribution in [2.45, 2.75) is 82.7 Å². The van der Waals surface area contributed by atoms with Crippen molar-refractivity contribution in [2.75, 3.05) is 6.54 Å². The van der Waals surface area contributed by atoms with Gasteiger partial charge in [-0.15, -0.1) is 22.7 Å². The van der Waals surface area contributed by atoms with Crippen LogP contribution >= 0.6 is 22.7 Å². The molecule has 2 aliphatic heterocycles. The summed E-state index contributed by atoms with van der Waals surface area (Å²) in [7, 11) is 0. The molecule has 1 saturated heterocycles. The minimum Gasteiger partial charge on any atom is -0.351 e. The van der Waals surface area contributed by atoms with Crippen LogP contribution < -0.4 is 10.6 Å². The number of nitrogens with zero attached hydrogens (tertiary/aromatic N) is 2. The Morgan fingerprint density at radius 1 is 1.20 bits per heavy atom. The molecule has 1 amide bonds. The van der Waals surface area contributed by atoms with Crippen molar-refractivity contribution in [1.29, 1.82) is 0 Å². The van der Waals surface area contributed by atoms with Gasteiger partial charge in [0.1, 0.15) is 16.3 Å². The van der Waals surface area contributed by atoms with E-state index >= 15 is 0 Å². The van der Waals surface area contributed by atoms with Crippen LogP contribution in [-0.4, -0.2) is 33.7 Å². The predicted molar refractivity (Wildman–Crippen MR) is 145 cm³/mol. The van der Waals surface area contributed by atoms with E-state index in [1.807, 2.05) is 18.5 Å². The minimum absolute atomic E-state index is 0. The van der Waals surface area contributed by atoms with E-state index in [4.69, 9.17) is 4.98 Å². The van der Waals surface area contributed by atoms with Crippen molar-refractivity contribution in [3.05, 3.63) is 33.8 Å². The number of thiophene rings is 1. The average molecular weight is 513 g/mol. The predicted octanol–water partition coefficient (Wildman–Crippen LogP) is 5.68. The molecule has 1 spiro atoms. The Balaban J connectivity index is 0.00000160. The van der Waals surface area contributed by atoms with Gasteiger partial charge in [-0.2, -0.15) is 0 Å². The van der Waals surface area contributed by atoms with Crippen LogP contribution in [0.5, 0.6) is 0 Å². The summed E-state index contributed by atoms with van der Waals surface area (Å²) in [6, 6.07) is 2.02. The second-order valence-electron chi connectivity index (χ2n) is 10.5. The number of carbonyl (C=O) groups excluding carboxylic acids is 2. The first-order chi connectivity index (χ1) is 17.1. The van der Waals surface area contributed by atoms with E-state index < -0.39 is 0 Å². The van der Waals surface area contributed by atoms with Crippen LogP contribution in [0.4, 0.5) is 0 Å². The van der Waals surface area contributed by atoms with Crippen molar-refractivity contribution in [3.8, 4) is 10.6 Å². The van der Waals surface area contributed by atoms with E-state index in [0.717, 1.165) is 66.8 Å². The molecule has 3 aromatic heterocycles.